The minimum atomic E-state index is 0.995. The molecule has 0 radical (unpaired) electrons. The average Bonchev–Trinajstić information content (AvgIpc) is 1.37. The van der Waals surface area contributed by atoms with Crippen molar-refractivity contribution in [3.8, 4) is 0 Å². The minimum absolute atomic E-state index is 0.995. The van der Waals surface area contributed by atoms with E-state index in [1.165, 1.54) is 4.98 Å². The molecule has 0 aromatic carbocycles. The van der Waals surface area contributed by atoms with Crippen LogP contribution in [0.3, 0.4) is 0 Å². The number of rotatable bonds is 1. The molecule has 22 valence electrons. The van der Waals surface area contributed by atoms with E-state index in [2.05, 4.69) is 6.58 Å². The zero-order valence-corrected chi connectivity index (χ0v) is 7.19. The van der Waals surface area contributed by atoms with Crippen LogP contribution in [0.4, 0.5) is 0 Å². The molecule has 0 aromatic rings. The first kappa shape index (κ1) is 4.38. The average molecular weight is 113 g/mol. The third kappa shape index (κ3) is 2.38. The number of hydrogen-bond acceptors (Lipinski definition) is 0. The zero-order valence-electron chi connectivity index (χ0n) is 2.99. The van der Waals surface area contributed by atoms with Crippen LogP contribution in [0.5, 0.6) is 0 Å². The Labute approximate surface area is 36.8 Å². The third-order valence-electron chi connectivity index (χ3n) is 0.289. The number of hydrogen-bond donors (Lipinski definition) is 0. The second-order valence-electron chi connectivity index (χ2n) is 0.697. The predicted octanol–water partition coefficient (Wildman–Crippen LogP) is 0.224. The van der Waals surface area contributed by atoms with Gasteiger partial charge >= 0.3 is 36.2 Å². The summed E-state index contributed by atoms with van der Waals surface area (Å²) >= 11 is 0.995. The van der Waals surface area contributed by atoms with E-state index in [0.717, 1.165) is 18.6 Å². The molecule has 0 atom stereocenters. The molecule has 0 bridgehead atoms. The molecule has 0 aliphatic heterocycles. The zero-order chi connectivity index (χ0) is 3.41. The van der Waals surface area contributed by atoms with Crippen molar-refractivity contribution in [1.82, 2.24) is 0 Å². The van der Waals surface area contributed by atoms with Crippen LogP contribution >= 0.6 is 0 Å². The van der Waals surface area contributed by atoms with Gasteiger partial charge < -0.3 is 0 Å². The molecule has 0 fully saturated rings. The van der Waals surface area contributed by atoms with Crippen LogP contribution in [0, 0.1) is 0 Å². The second-order valence-corrected chi connectivity index (χ2v) is 2.41. The summed E-state index contributed by atoms with van der Waals surface area (Å²) in [4.78, 5) is 1.27. The summed E-state index contributed by atoms with van der Waals surface area (Å²) in [6, 6.07) is 0. The summed E-state index contributed by atoms with van der Waals surface area (Å²) in [6.07, 6.45) is 1.96. The molecule has 0 heterocycles. The molecule has 0 unspecified atom stereocenters. The van der Waals surface area contributed by atoms with Gasteiger partial charge in [0.15, 0.2) is 0 Å². The fourth-order valence-corrected chi connectivity index (χ4v) is 0. The molecule has 0 saturated carbocycles. The van der Waals surface area contributed by atoms with Crippen molar-refractivity contribution >= 4 is 18.6 Å². The Hall–Kier alpha value is 0.376. The van der Waals surface area contributed by atoms with Crippen molar-refractivity contribution in [2.45, 2.75) is 4.98 Å². The van der Waals surface area contributed by atoms with Crippen molar-refractivity contribution in [3.05, 3.63) is 12.7 Å². The van der Waals surface area contributed by atoms with E-state index in [9.17, 15) is 0 Å². The van der Waals surface area contributed by atoms with Crippen LogP contribution in [0.15, 0.2) is 12.7 Å². The summed E-state index contributed by atoms with van der Waals surface area (Å²) < 4.78 is 0. The van der Waals surface area contributed by atoms with E-state index in [1.807, 2.05) is 6.08 Å². The van der Waals surface area contributed by atoms with Gasteiger partial charge in [-0.25, -0.2) is 0 Å². The van der Waals surface area contributed by atoms with Gasteiger partial charge in [0.2, 0.25) is 0 Å². The Morgan fingerprint density at radius 3 is 2.25 bits per heavy atom. The summed E-state index contributed by atoms with van der Waals surface area (Å²) in [7, 11) is 0. The van der Waals surface area contributed by atoms with Gasteiger partial charge in [0.1, 0.15) is 0 Å². The molecule has 0 aliphatic carbocycles. The van der Waals surface area contributed by atoms with Crippen molar-refractivity contribution < 1.29 is 0 Å². The SMILES string of the molecule is C=C[CH2][GaH2]. The maximum absolute atomic E-state index is 3.53. The molecule has 0 aliphatic rings. The first-order valence-corrected chi connectivity index (χ1v) is 4.49. The molecule has 1 heteroatoms. The maximum atomic E-state index is 3.53. The first-order valence-electron chi connectivity index (χ1n) is 1.52. The van der Waals surface area contributed by atoms with Crippen LogP contribution in [-0.2, 0) is 0 Å². The molecular weight excluding hydrogens is 106 g/mol. The van der Waals surface area contributed by atoms with E-state index < -0.39 is 0 Å². The molecule has 0 N–H and O–H groups in total. The molecule has 4 heavy (non-hydrogen) atoms. The Bertz CT molecular complexity index is 17.2. The molecule has 0 amide bonds. The molecule has 0 spiro atoms. The topological polar surface area (TPSA) is 0 Å². The van der Waals surface area contributed by atoms with Crippen LogP contribution in [-0.4, -0.2) is 18.6 Å². The van der Waals surface area contributed by atoms with E-state index in [-0.39, 0.29) is 0 Å². The normalized spacial score (nSPS) is 6.00. The van der Waals surface area contributed by atoms with Crippen LogP contribution in [0.2, 0.25) is 4.98 Å². The summed E-state index contributed by atoms with van der Waals surface area (Å²) in [5.74, 6) is 0. The van der Waals surface area contributed by atoms with E-state index in [0.29, 0.717) is 0 Å². The van der Waals surface area contributed by atoms with Gasteiger partial charge in [0.25, 0.3) is 0 Å². The summed E-state index contributed by atoms with van der Waals surface area (Å²) in [6.45, 7) is 3.53. The first-order chi connectivity index (χ1) is 1.91. The van der Waals surface area contributed by atoms with Gasteiger partial charge in [-0.3, -0.25) is 0 Å². The quantitative estimate of drug-likeness (QED) is 0.337. The van der Waals surface area contributed by atoms with Gasteiger partial charge in [-0.15, -0.1) is 0 Å². The Morgan fingerprint density at radius 1 is 2.00 bits per heavy atom. The van der Waals surface area contributed by atoms with Gasteiger partial charge in [0.05, 0.1) is 0 Å². The fourth-order valence-electron chi connectivity index (χ4n) is 0. The predicted molar refractivity (Wildman–Crippen MR) is 23.5 cm³/mol. The second kappa shape index (κ2) is 3.38. The Balaban J connectivity index is 2.30. The molecule has 0 nitrogen and oxygen atoms in total. The fraction of sp³-hybridized carbons (Fsp3) is 0.333. The molecule has 0 aromatic heterocycles. The van der Waals surface area contributed by atoms with Crippen LogP contribution in [0.25, 0.3) is 0 Å². The Morgan fingerprint density at radius 2 is 2.25 bits per heavy atom. The van der Waals surface area contributed by atoms with E-state index in [4.69, 9.17) is 0 Å². The Kier molecular flexibility index (Phi) is 3.69. The van der Waals surface area contributed by atoms with Gasteiger partial charge in [-0.05, 0) is 0 Å². The van der Waals surface area contributed by atoms with Crippen LogP contribution < -0.4 is 0 Å². The van der Waals surface area contributed by atoms with Gasteiger partial charge in [-0.1, -0.05) is 0 Å². The van der Waals surface area contributed by atoms with Crippen LogP contribution in [0.1, 0.15) is 0 Å². The summed E-state index contributed by atoms with van der Waals surface area (Å²) in [5.41, 5.74) is 0. The number of allylic oxidation sites excluding steroid dienone is 1. The van der Waals surface area contributed by atoms with Crippen molar-refractivity contribution in [3.63, 3.8) is 0 Å². The third-order valence-corrected chi connectivity index (χ3v) is 1.50. The van der Waals surface area contributed by atoms with Crippen molar-refractivity contribution in [2.75, 3.05) is 0 Å². The van der Waals surface area contributed by atoms with Crippen molar-refractivity contribution in [1.29, 1.82) is 0 Å². The summed E-state index contributed by atoms with van der Waals surface area (Å²) in [5, 5.41) is 0. The van der Waals surface area contributed by atoms with Gasteiger partial charge in [-0.2, -0.15) is 0 Å². The van der Waals surface area contributed by atoms with Crippen molar-refractivity contribution in [2.24, 2.45) is 0 Å². The molecule has 0 rings (SSSR count). The molecule has 0 saturated heterocycles. The molecular formula is C3H7Ga. The van der Waals surface area contributed by atoms with E-state index in [1.54, 1.807) is 0 Å². The monoisotopic (exact) mass is 112 g/mol. The van der Waals surface area contributed by atoms with E-state index >= 15 is 0 Å². The standard InChI is InChI=1S/C3H5.Ga.2H/c1-3-2;;;/h3H,1-2H2;;;. The van der Waals surface area contributed by atoms with Gasteiger partial charge in [0, 0.05) is 0 Å².